The highest BCUT2D eigenvalue weighted by Crippen LogP contribution is 2.32. The number of anilines is 1. The van der Waals surface area contributed by atoms with Crippen LogP contribution in [0, 0.1) is 0 Å². The highest BCUT2D eigenvalue weighted by atomic mass is 16.3. The van der Waals surface area contributed by atoms with Gasteiger partial charge in [-0.05, 0) is 25.0 Å². The topological polar surface area (TPSA) is 88.6 Å². The van der Waals surface area contributed by atoms with Gasteiger partial charge in [-0.25, -0.2) is 0 Å². The van der Waals surface area contributed by atoms with Crippen LogP contribution >= 0.6 is 0 Å². The molecular formula is C18H23N3O3. The second-order valence-corrected chi connectivity index (χ2v) is 6.41. The van der Waals surface area contributed by atoms with Gasteiger partial charge in [0.1, 0.15) is 5.56 Å². The number of aliphatic hydroxyl groups is 1. The fourth-order valence-electron chi connectivity index (χ4n) is 3.52. The summed E-state index contributed by atoms with van der Waals surface area (Å²) in [5.41, 5.74) is 7.00. The molecule has 1 aromatic heterocycles. The smallest absolute Gasteiger partial charge is 0.259 e. The number of likely N-dealkylation sites (N-methyl/N-ethyl adjacent to an activating group) is 1. The molecule has 3 N–H and O–H groups in total. The van der Waals surface area contributed by atoms with Crippen molar-refractivity contribution in [3.05, 3.63) is 40.2 Å². The second-order valence-electron chi connectivity index (χ2n) is 6.41. The van der Waals surface area contributed by atoms with E-state index in [0.717, 1.165) is 31.2 Å². The Morgan fingerprint density at radius 2 is 2.08 bits per heavy atom. The van der Waals surface area contributed by atoms with Gasteiger partial charge in [-0.3, -0.25) is 9.59 Å². The molecule has 0 bridgehead atoms. The first-order valence-corrected chi connectivity index (χ1v) is 8.34. The number of nitrogen functional groups attached to an aromatic ring is 1. The number of amides is 1. The zero-order valence-corrected chi connectivity index (χ0v) is 13.9. The van der Waals surface area contributed by atoms with Crippen LogP contribution in [0.3, 0.4) is 0 Å². The molecule has 1 amide bonds. The van der Waals surface area contributed by atoms with Crippen molar-refractivity contribution in [2.24, 2.45) is 0 Å². The highest BCUT2D eigenvalue weighted by Gasteiger charge is 2.24. The summed E-state index contributed by atoms with van der Waals surface area (Å²) in [6, 6.07) is 5.69. The van der Waals surface area contributed by atoms with Gasteiger partial charge in [0.15, 0.2) is 0 Å². The summed E-state index contributed by atoms with van der Waals surface area (Å²) in [5, 5.41) is 9.46. The van der Waals surface area contributed by atoms with Crippen molar-refractivity contribution in [1.29, 1.82) is 0 Å². The van der Waals surface area contributed by atoms with E-state index < -0.39 is 0 Å². The second kappa shape index (κ2) is 6.65. The third-order valence-corrected chi connectivity index (χ3v) is 4.82. The monoisotopic (exact) mass is 329 g/mol. The average molecular weight is 329 g/mol. The molecule has 2 aromatic rings. The van der Waals surface area contributed by atoms with Crippen LogP contribution in [-0.4, -0.2) is 40.7 Å². The van der Waals surface area contributed by atoms with Gasteiger partial charge in [-0.15, -0.1) is 0 Å². The zero-order chi connectivity index (χ0) is 17.3. The first-order chi connectivity index (χ1) is 11.5. The SMILES string of the molecule is CN(CCO)C(=O)c1cn(C2CCCC2)c2cccc(N)c2c1=O. The lowest BCUT2D eigenvalue weighted by Crippen LogP contribution is -2.34. The molecule has 0 radical (unpaired) electrons. The molecule has 1 saturated carbocycles. The van der Waals surface area contributed by atoms with Gasteiger partial charge < -0.3 is 20.3 Å². The normalized spacial score (nSPS) is 15.1. The number of nitrogens with two attached hydrogens (primary N) is 1. The largest absolute Gasteiger partial charge is 0.398 e. The predicted molar refractivity (Wildman–Crippen MR) is 94.2 cm³/mol. The summed E-state index contributed by atoms with van der Waals surface area (Å²) >= 11 is 0. The molecule has 1 aromatic carbocycles. The van der Waals surface area contributed by atoms with E-state index in [0.29, 0.717) is 11.1 Å². The van der Waals surface area contributed by atoms with E-state index in [9.17, 15) is 9.59 Å². The fraction of sp³-hybridized carbons (Fsp3) is 0.444. The van der Waals surface area contributed by atoms with Crippen molar-refractivity contribution < 1.29 is 9.90 Å². The third-order valence-electron chi connectivity index (χ3n) is 4.82. The molecule has 1 fully saturated rings. The first kappa shape index (κ1) is 16.5. The van der Waals surface area contributed by atoms with Crippen LogP contribution in [0.15, 0.2) is 29.2 Å². The number of carbonyl (C=O) groups excluding carboxylic acids is 1. The number of carbonyl (C=O) groups is 1. The van der Waals surface area contributed by atoms with Crippen LogP contribution in [0.1, 0.15) is 42.1 Å². The van der Waals surface area contributed by atoms with E-state index in [1.807, 2.05) is 16.7 Å². The Morgan fingerprint density at radius 1 is 1.38 bits per heavy atom. The van der Waals surface area contributed by atoms with Crippen molar-refractivity contribution in [2.45, 2.75) is 31.7 Å². The van der Waals surface area contributed by atoms with Crippen molar-refractivity contribution in [3.63, 3.8) is 0 Å². The zero-order valence-electron chi connectivity index (χ0n) is 13.9. The standard InChI is InChI=1S/C18H23N3O3/c1-20(9-10-22)18(24)13-11-21(12-5-2-3-6-12)15-8-4-7-14(19)16(15)17(13)23/h4,7-8,11-12,22H,2-3,5-6,9-10,19H2,1H3. The average Bonchev–Trinajstić information content (AvgIpc) is 3.09. The van der Waals surface area contributed by atoms with Gasteiger partial charge in [0.25, 0.3) is 5.91 Å². The number of hydrogen-bond donors (Lipinski definition) is 2. The van der Waals surface area contributed by atoms with E-state index in [2.05, 4.69) is 0 Å². The van der Waals surface area contributed by atoms with E-state index in [4.69, 9.17) is 10.8 Å². The molecule has 0 atom stereocenters. The van der Waals surface area contributed by atoms with Gasteiger partial charge in [0, 0.05) is 31.5 Å². The molecule has 1 heterocycles. The van der Waals surface area contributed by atoms with Crippen LogP contribution in [0.5, 0.6) is 0 Å². The molecule has 0 aliphatic heterocycles. The molecule has 128 valence electrons. The predicted octanol–water partition coefficient (Wildman–Crippen LogP) is 1.76. The van der Waals surface area contributed by atoms with E-state index >= 15 is 0 Å². The van der Waals surface area contributed by atoms with Gasteiger partial charge in [0.2, 0.25) is 5.43 Å². The van der Waals surface area contributed by atoms with Gasteiger partial charge in [0.05, 0.1) is 17.5 Å². The number of rotatable bonds is 4. The molecule has 6 nitrogen and oxygen atoms in total. The van der Waals surface area contributed by atoms with Gasteiger partial charge >= 0.3 is 0 Å². The third kappa shape index (κ3) is 2.78. The summed E-state index contributed by atoms with van der Waals surface area (Å²) in [7, 11) is 1.58. The lowest BCUT2D eigenvalue weighted by Gasteiger charge is -2.21. The van der Waals surface area contributed by atoms with Crippen molar-refractivity contribution in [3.8, 4) is 0 Å². The molecular weight excluding hydrogens is 306 g/mol. The van der Waals surface area contributed by atoms with Gasteiger partial charge in [-0.1, -0.05) is 18.9 Å². The van der Waals surface area contributed by atoms with Crippen molar-refractivity contribution in [1.82, 2.24) is 9.47 Å². The highest BCUT2D eigenvalue weighted by molar-refractivity contribution is 6.00. The maximum Gasteiger partial charge on any atom is 0.259 e. The number of benzene rings is 1. The summed E-state index contributed by atoms with van der Waals surface area (Å²) in [6.07, 6.45) is 6.04. The number of fused-ring (bicyclic) bond motifs is 1. The molecule has 1 aliphatic rings. The van der Waals surface area contributed by atoms with Gasteiger partial charge in [-0.2, -0.15) is 0 Å². The lowest BCUT2D eigenvalue weighted by molar-refractivity contribution is 0.0765. The van der Waals surface area contributed by atoms with E-state index in [1.54, 1.807) is 19.3 Å². The molecule has 3 rings (SSSR count). The Balaban J connectivity index is 2.23. The quantitative estimate of drug-likeness (QED) is 0.837. The van der Waals surface area contributed by atoms with Crippen LogP contribution in [0.4, 0.5) is 5.69 Å². The first-order valence-electron chi connectivity index (χ1n) is 8.34. The number of pyridine rings is 1. The van der Waals surface area contributed by atoms with Crippen LogP contribution in [0.2, 0.25) is 0 Å². The number of hydrogen-bond acceptors (Lipinski definition) is 4. The summed E-state index contributed by atoms with van der Waals surface area (Å²) in [6.45, 7) is 0.0405. The van der Waals surface area contributed by atoms with Crippen molar-refractivity contribution in [2.75, 3.05) is 25.9 Å². The van der Waals surface area contributed by atoms with Crippen LogP contribution < -0.4 is 11.2 Å². The summed E-state index contributed by atoms with van der Waals surface area (Å²) in [4.78, 5) is 26.9. The molecule has 6 heteroatoms. The Bertz CT molecular complexity index is 822. The Morgan fingerprint density at radius 3 is 2.75 bits per heavy atom. The summed E-state index contributed by atoms with van der Waals surface area (Å²) < 4.78 is 2.04. The maximum absolute atomic E-state index is 12.9. The Labute approximate surface area is 140 Å². The molecule has 24 heavy (non-hydrogen) atoms. The fourth-order valence-corrected chi connectivity index (χ4v) is 3.52. The number of nitrogens with zero attached hydrogens (tertiary/aromatic N) is 2. The lowest BCUT2D eigenvalue weighted by atomic mass is 10.1. The minimum Gasteiger partial charge on any atom is -0.398 e. The van der Waals surface area contributed by atoms with Crippen molar-refractivity contribution >= 4 is 22.5 Å². The minimum atomic E-state index is -0.383. The molecule has 0 spiro atoms. The minimum absolute atomic E-state index is 0.114. The molecule has 0 saturated heterocycles. The Kier molecular flexibility index (Phi) is 4.57. The number of aromatic nitrogens is 1. The van der Waals surface area contributed by atoms with E-state index in [1.165, 1.54) is 4.90 Å². The van der Waals surface area contributed by atoms with Crippen LogP contribution in [-0.2, 0) is 0 Å². The summed E-state index contributed by atoms with van der Waals surface area (Å²) in [5.74, 6) is -0.383. The Hall–Kier alpha value is -2.34. The van der Waals surface area contributed by atoms with E-state index in [-0.39, 0.29) is 36.1 Å². The van der Waals surface area contributed by atoms with Crippen LogP contribution in [0.25, 0.3) is 10.9 Å². The maximum atomic E-state index is 12.9. The molecule has 1 aliphatic carbocycles. The number of aliphatic hydroxyl groups excluding tert-OH is 1. The molecule has 0 unspecified atom stereocenters.